The van der Waals surface area contributed by atoms with Gasteiger partial charge in [0.25, 0.3) is 0 Å². The van der Waals surface area contributed by atoms with Gasteiger partial charge in [0.2, 0.25) is 0 Å². The number of pyridine rings is 2. The number of rotatable bonds is 4. The second-order valence-electron chi connectivity index (χ2n) is 3.26. The van der Waals surface area contributed by atoms with Gasteiger partial charge in [-0.3, -0.25) is 4.98 Å². The molecule has 4 heteroatoms. The standard InChI is InChI=1S/C12H11BrN2O/c1-2-3-6-16-11-4-5-14-10-7-9(13)8-15-12(10)11/h2,4-5,7-8H,1,3,6H2. The van der Waals surface area contributed by atoms with E-state index in [-0.39, 0.29) is 0 Å². The molecule has 16 heavy (non-hydrogen) atoms. The van der Waals surface area contributed by atoms with E-state index in [1.807, 2.05) is 18.2 Å². The van der Waals surface area contributed by atoms with Crippen molar-refractivity contribution >= 4 is 27.0 Å². The quantitative estimate of drug-likeness (QED) is 0.636. The van der Waals surface area contributed by atoms with Crippen molar-refractivity contribution in [2.75, 3.05) is 6.61 Å². The van der Waals surface area contributed by atoms with Crippen LogP contribution >= 0.6 is 15.9 Å². The maximum atomic E-state index is 5.61. The number of hydrogen-bond acceptors (Lipinski definition) is 3. The largest absolute Gasteiger partial charge is 0.491 e. The highest BCUT2D eigenvalue weighted by Gasteiger charge is 2.04. The lowest BCUT2D eigenvalue weighted by Crippen LogP contribution is -1.97. The number of nitrogens with zero attached hydrogens (tertiary/aromatic N) is 2. The van der Waals surface area contributed by atoms with E-state index in [0.717, 1.165) is 27.7 Å². The Labute approximate surface area is 102 Å². The van der Waals surface area contributed by atoms with Gasteiger partial charge in [0.05, 0.1) is 12.1 Å². The maximum Gasteiger partial charge on any atom is 0.148 e. The molecule has 0 N–H and O–H groups in total. The van der Waals surface area contributed by atoms with Crippen LogP contribution in [0.5, 0.6) is 5.75 Å². The first-order valence-corrected chi connectivity index (χ1v) is 5.74. The number of aromatic nitrogens is 2. The molecule has 0 unspecified atom stereocenters. The van der Waals surface area contributed by atoms with Crippen molar-refractivity contribution in [2.24, 2.45) is 0 Å². The minimum Gasteiger partial charge on any atom is -0.491 e. The van der Waals surface area contributed by atoms with Crippen LogP contribution in [0.2, 0.25) is 0 Å². The molecule has 3 nitrogen and oxygen atoms in total. The van der Waals surface area contributed by atoms with E-state index in [4.69, 9.17) is 4.74 Å². The molecular weight excluding hydrogens is 268 g/mol. The summed E-state index contributed by atoms with van der Waals surface area (Å²) in [5.41, 5.74) is 1.61. The summed E-state index contributed by atoms with van der Waals surface area (Å²) in [6.45, 7) is 4.26. The summed E-state index contributed by atoms with van der Waals surface area (Å²) in [7, 11) is 0. The van der Waals surface area contributed by atoms with Gasteiger partial charge >= 0.3 is 0 Å². The van der Waals surface area contributed by atoms with E-state index in [2.05, 4.69) is 32.5 Å². The molecule has 0 fully saturated rings. The highest BCUT2D eigenvalue weighted by molar-refractivity contribution is 9.10. The summed E-state index contributed by atoms with van der Waals surface area (Å²) in [4.78, 5) is 8.54. The molecule has 2 heterocycles. The van der Waals surface area contributed by atoms with Crippen LogP contribution in [0.15, 0.2) is 41.7 Å². The molecule has 0 aliphatic carbocycles. The van der Waals surface area contributed by atoms with Crippen LogP contribution in [0.1, 0.15) is 6.42 Å². The van der Waals surface area contributed by atoms with E-state index < -0.39 is 0 Å². The molecule has 0 radical (unpaired) electrons. The molecule has 2 rings (SSSR count). The van der Waals surface area contributed by atoms with Crippen LogP contribution in [-0.2, 0) is 0 Å². The second-order valence-corrected chi connectivity index (χ2v) is 4.17. The lowest BCUT2D eigenvalue weighted by Gasteiger charge is -2.06. The third-order valence-corrected chi connectivity index (χ3v) is 2.52. The van der Waals surface area contributed by atoms with E-state index in [1.54, 1.807) is 12.4 Å². The highest BCUT2D eigenvalue weighted by Crippen LogP contribution is 2.23. The van der Waals surface area contributed by atoms with Gasteiger partial charge in [0, 0.05) is 22.9 Å². The van der Waals surface area contributed by atoms with Gasteiger partial charge in [0.1, 0.15) is 11.3 Å². The van der Waals surface area contributed by atoms with Crippen molar-refractivity contribution in [2.45, 2.75) is 6.42 Å². The Hall–Kier alpha value is -1.42. The molecule has 82 valence electrons. The van der Waals surface area contributed by atoms with Gasteiger partial charge in [0.15, 0.2) is 0 Å². The van der Waals surface area contributed by atoms with Gasteiger partial charge in [-0.25, -0.2) is 4.98 Å². The summed E-state index contributed by atoms with van der Waals surface area (Å²) < 4.78 is 6.52. The first-order chi connectivity index (χ1) is 7.81. The summed E-state index contributed by atoms with van der Waals surface area (Å²) >= 11 is 3.36. The van der Waals surface area contributed by atoms with E-state index >= 15 is 0 Å². The minimum atomic E-state index is 0.611. The Morgan fingerprint density at radius 3 is 3.12 bits per heavy atom. The Bertz CT molecular complexity index is 513. The third kappa shape index (κ3) is 2.39. The first kappa shape index (κ1) is 11.1. The maximum absolute atomic E-state index is 5.61. The Morgan fingerprint density at radius 2 is 2.31 bits per heavy atom. The lowest BCUT2D eigenvalue weighted by atomic mass is 10.3. The fraction of sp³-hybridized carbons (Fsp3) is 0.167. The molecule has 2 aromatic rings. The molecule has 0 amide bonds. The van der Waals surface area contributed by atoms with Crippen LogP contribution in [-0.4, -0.2) is 16.6 Å². The van der Waals surface area contributed by atoms with Crippen LogP contribution in [0.25, 0.3) is 11.0 Å². The number of halogens is 1. The topological polar surface area (TPSA) is 35.0 Å². The second kappa shape index (κ2) is 5.07. The average Bonchev–Trinajstić information content (AvgIpc) is 2.29. The van der Waals surface area contributed by atoms with Crippen LogP contribution in [0.4, 0.5) is 0 Å². The molecule has 0 atom stereocenters. The summed E-state index contributed by atoms with van der Waals surface area (Å²) in [5, 5.41) is 0. The predicted octanol–water partition coefficient (Wildman–Crippen LogP) is 3.35. The summed E-state index contributed by atoms with van der Waals surface area (Å²) in [6.07, 6.45) is 6.11. The monoisotopic (exact) mass is 278 g/mol. The molecule has 2 aromatic heterocycles. The van der Waals surface area contributed by atoms with E-state index in [1.165, 1.54) is 0 Å². The number of hydrogen-bond donors (Lipinski definition) is 0. The molecule has 0 aromatic carbocycles. The fourth-order valence-electron chi connectivity index (χ4n) is 1.35. The first-order valence-electron chi connectivity index (χ1n) is 4.95. The van der Waals surface area contributed by atoms with E-state index in [9.17, 15) is 0 Å². The average molecular weight is 279 g/mol. The van der Waals surface area contributed by atoms with Gasteiger partial charge < -0.3 is 4.74 Å². The number of fused-ring (bicyclic) bond motifs is 1. The van der Waals surface area contributed by atoms with Crippen molar-refractivity contribution in [1.82, 2.24) is 9.97 Å². The van der Waals surface area contributed by atoms with Crippen molar-refractivity contribution in [3.8, 4) is 5.75 Å². The molecular formula is C12H11BrN2O. The third-order valence-electron chi connectivity index (χ3n) is 2.09. The minimum absolute atomic E-state index is 0.611. The lowest BCUT2D eigenvalue weighted by molar-refractivity contribution is 0.328. The van der Waals surface area contributed by atoms with Crippen LogP contribution < -0.4 is 4.74 Å². The van der Waals surface area contributed by atoms with Gasteiger partial charge in [-0.15, -0.1) is 6.58 Å². The summed E-state index contributed by atoms with van der Waals surface area (Å²) in [6, 6.07) is 3.75. The SMILES string of the molecule is C=CCCOc1ccnc2cc(Br)cnc12. The van der Waals surface area contributed by atoms with E-state index in [0.29, 0.717) is 6.61 Å². The zero-order chi connectivity index (χ0) is 11.4. The van der Waals surface area contributed by atoms with Gasteiger partial charge in [-0.1, -0.05) is 6.08 Å². The Morgan fingerprint density at radius 1 is 1.44 bits per heavy atom. The van der Waals surface area contributed by atoms with Crippen molar-refractivity contribution in [3.63, 3.8) is 0 Å². The highest BCUT2D eigenvalue weighted by atomic mass is 79.9. The van der Waals surface area contributed by atoms with Gasteiger partial charge in [-0.2, -0.15) is 0 Å². The molecule has 0 saturated carbocycles. The Kier molecular flexibility index (Phi) is 3.51. The summed E-state index contributed by atoms with van der Waals surface area (Å²) in [5.74, 6) is 0.763. The number of ether oxygens (including phenoxy) is 1. The zero-order valence-electron chi connectivity index (χ0n) is 8.69. The molecule has 0 aliphatic heterocycles. The normalized spacial score (nSPS) is 10.3. The van der Waals surface area contributed by atoms with Crippen LogP contribution in [0, 0.1) is 0 Å². The smallest absolute Gasteiger partial charge is 0.148 e. The Balaban J connectivity index is 2.34. The molecule has 0 saturated heterocycles. The van der Waals surface area contributed by atoms with Gasteiger partial charge in [-0.05, 0) is 28.4 Å². The van der Waals surface area contributed by atoms with Crippen LogP contribution in [0.3, 0.4) is 0 Å². The molecule has 0 spiro atoms. The molecule has 0 aliphatic rings. The fourth-order valence-corrected chi connectivity index (χ4v) is 1.67. The zero-order valence-corrected chi connectivity index (χ0v) is 10.3. The van der Waals surface area contributed by atoms with Crippen molar-refractivity contribution < 1.29 is 4.74 Å². The predicted molar refractivity (Wildman–Crippen MR) is 67.5 cm³/mol. The van der Waals surface area contributed by atoms with Crippen molar-refractivity contribution in [1.29, 1.82) is 0 Å². The van der Waals surface area contributed by atoms with Crippen molar-refractivity contribution in [3.05, 3.63) is 41.7 Å². The molecule has 0 bridgehead atoms.